The van der Waals surface area contributed by atoms with Crippen LogP contribution in [0.3, 0.4) is 0 Å². The van der Waals surface area contributed by atoms with Gasteiger partial charge in [0.25, 0.3) is 0 Å². The number of alkyl halides is 1. The molecule has 338 valence electrons. The Kier molecular flexibility index (Phi) is 13.0. The molecule has 0 aliphatic carbocycles. The second-order valence-corrected chi connectivity index (χ2v) is 39.9. The van der Waals surface area contributed by atoms with Crippen LogP contribution in [-0.2, 0) is 55.1 Å². The van der Waals surface area contributed by atoms with Gasteiger partial charge in [-0.3, -0.25) is 4.79 Å². The van der Waals surface area contributed by atoms with Crippen molar-refractivity contribution in [2.45, 2.75) is 30.8 Å². The lowest BCUT2D eigenvalue weighted by atomic mass is 10.2. The van der Waals surface area contributed by atoms with Crippen LogP contribution in [0, 0.1) is 0 Å². The van der Waals surface area contributed by atoms with Gasteiger partial charge in [-0.2, -0.15) is 0 Å². The maximum atomic E-state index is 13.5. The third-order valence-electron chi connectivity index (χ3n) is 10.9. The smallest absolute Gasteiger partial charge is 0.465 e. The first-order valence-corrected chi connectivity index (χ1v) is 36.2. The Labute approximate surface area is 402 Å². The molecule has 4 saturated heterocycles. The van der Waals surface area contributed by atoms with E-state index in [0.717, 1.165) is 0 Å². The molecule has 13 nitrogen and oxygen atoms in total. The summed E-state index contributed by atoms with van der Waals surface area (Å²) in [5.74, 6) is -0.488. The van der Waals surface area contributed by atoms with Gasteiger partial charge in [0.1, 0.15) is 4.32 Å². The lowest BCUT2D eigenvalue weighted by Crippen LogP contribution is -2.88. The van der Waals surface area contributed by atoms with Crippen LogP contribution < -0.4 is 31.1 Å². The summed E-state index contributed by atoms with van der Waals surface area (Å²) in [6.45, 7) is 5.28. The van der Waals surface area contributed by atoms with Gasteiger partial charge in [0.2, 0.25) is 9.04 Å². The van der Waals surface area contributed by atoms with Crippen molar-refractivity contribution in [3.8, 4) is 0 Å². The van der Waals surface area contributed by atoms with Gasteiger partial charge in [0, 0.05) is 25.9 Å². The predicted octanol–water partition coefficient (Wildman–Crippen LogP) is 3.67. The molecular weight excluding hydrogens is 1040 g/mol. The first kappa shape index (κ1) is 46.3. The molecule has 0 amide bonds. The second-order valence-electron chi connectivity index (χ2n) is 16.3. The molecule has 6 bridgehead atoms. The molecule has 4 heterocycles. The van der Waals surface area contributed by atoms with E-state index in [4.69, 9.17) is 50.3 Å². The van der Waals surface area contributed by atoms with Gasteiger partial charge in [-0.25, -0.2) is 0 Å². The van der Waals surface area contributed by atoms with Crippen LogP contribution in [0.25, 0.3) is 0 Å². The highest BCUT2D eigenvalue weighted by Gasteiger charge is 2.79. The van der Waals surface area contributed by atoms with Crippen molar-refractivity contribution >= 4 is 124 Å². The van der Waals surface area contributed by atoms with E-state index in [1.54, 1.807) is 13.8 Å². The fourth-order valence-corrected chi connectivity index (χ4v) is 46.5. The Morgan fingerprint density at radius 2 is 0.879 bits per heavy atom. The van der Waals surface area contributed by atoms with Crippen molar-refractivity contribution in [1.82, 2.24) is 0 Å². The first-order valence-electron chi connectivity index (χ1n) is 21.4. The summed E-state index contributed by atoms with van der Waals surface area (Å²) in [5.41, 5.74) is 0. The summed E-state index contributed by atoms with van der Waals surface area (Å²) in [7, 11) is -32.3. The number of fused-ring (bicyclic) bond motifs is 4. The van der Waals surface area contributed by atoms with Crippen LogP contribution in [0.5, 0.6) is 0 Å². The summed E-state index contributed by atoms with van der Waals surface area (Å²) >= 11 is 3.48. The molecule has 22 heteroatoms. The lowest BCUT2D eigenvalue weighted by Gasteiger charge is -2.56. The summed E-state index contributed by atoms with van der Waals surface area (Å²) < 4.78 is 90.6. The maximum Gasteiger partial charge on any atom is 0.522 e. The minimum atomic E-state index is -4.70. The Balaban J connectivity index is 1.34. The predicted molar refractivity (Wildman–Crippen MR) is 264 cm³/mol. The fraction of sp³-hybridized carbons (Fsp3) is 0.159. The number of esters is 1. The molecular formula is C44H45BrO13Si8. The molecule has 10 rings (SSSR count). The minimum Gasteiger partial charge on any atom is -0.465 e. The average Bonchev–Trinajstić information content (AvgIpc) is 3.38. The van der Waals surface area contributed by atoms with Crippen LogP contribution in [0.1, 0.15) is 13.8 Å². The third-order valence-corrected chi connectivity index (χ3v) is 41.1. The van der Waals surface area contributed by atoms with Crippen molar-refractivity contribution in [3.63, 3.8) is 0 Å². The van der Waals surface area contributed by atoms with E-state index in [2.05, 4.69) is 15.9 Å². The summed E-state index contributed by atoms with van der Waals surface area (Å²) in [5, 5.41) is 3.67. The molecule has 0 saturated carbocycles. The quantitative estimate of drug-likeness (QED) is 0.113. The molecule has 6 aromatic carbocycles. The monoisotopic (exact) mass is 1080 g/mol. The summed E-state index contributed by atoms with van der Waals surface area (Å²) in [6, 6.07) is 57.4. The van der Waals surface area contributed by atoms with E-state index in [0.29, 0.717) is 31.1 Å². The van der Waals surface area contributed by atoms with Gasteiger partial charge < -0.3 is 50.3 Å². The van der Waals surface area contributed by atoms with Gasteiger partial charge in [-0.15, -0.1) is 0 Å². The van der Waals surface area contributed by atoms with E-state index < -0.39 is 81.4 Å². The molecule has 66 heavy (non-hydrogen) atoms. The van der Waals surface area contributed by atoms with Crippen molar-refractivity contribution in [2.75, 3.05) is 12.8 Å². The van der Waals surface area contributed by atoms with E-state index >= 15 is 0 Å². The van der Waals surface area contributed by atoms with E-state index in [-0.39, 0.29) is 18.9 Å². The van der Waals surface area contributed by atoms with Gasteiger partial charge in [-0.05, 0) is 25.6 Å². The SMILES string of the molecule is C[Si]1CO[Si]2(c3ccccc3)O[Si]3(CCOC(=O)C(C)(C)Br)O[Si](c4ccccc4)O[Si]4(c5ccccc5)O[Si](c5ccccc5)(O1)O[Si](c1ccccc1)(O2)O[Si](c1ccccc1)(O3)O4. The van der Waals surface area contributed by atoms with Gasteiger partial charge in [-0.1, -0.05) is 198 Å². The highest BCUT2D eigenvalue weighted by atomic mass is 79.9. The highest BCUT2D eigenvalue weighted by Crippen LogP contribution is 2.43. The van der Waals surface area contributed by atoms with Crippen LogP contribution in [0.15, 0.2) is 182 Å². The second kappa shape index (κ2) is 18.5. The maximum absolute atomic E-state index is 13.5. The number of carbonyl (C=O) groups is 1. The van der Waals surface area contributed by atoms with E-state index in [1.165, 1.54) is 0 Å². The minimum absolute atomic E-state index is 0.0654. The third kappa shape index (κ3) is 8.99. The molecule has 6 atom stereocenters. The normalized spacial score (nSPS) is 30.4. The molecule has 6 aromatic rings. The van der Waals surface area contributed by atoms with Crippen LogP contribution in [0.2, 0.25) is 12.6 Å². The zero-order valence-corrected chi connectivity index (χ0v) is 45.7. The van der Waals surface area contributed by atoms with Crippen LogP contribution in [0.4, 0.5) is 0 Å². The van der Waals surface area contributed by atoms with Crippen LogP contribution >= 0.6 is 15.9 Å². The summed E-state index contributed by atoms with van der Waals surface area (Å²) in [4.78, 5) is 13.5. The number of rotatable bonds is 10. The zero-order valence-electron chi connectivity index (χ0n) is 36.1. The number of hydrogen-bond donors (Lipinski definition) is 0. The van der Waals surface area contributed by atoms with Crippen molar-refractivity contribution in [2.24, 2.45) is 0 Å². The average molecular weight is 1090 g/mol. The number of hydrogen-bond acceptors (Lipinski definition) is 13. The number of carbonyl (C=O) groups excluding carboxylic acids is 1. The number of benzene rings is 6. The molecule has 6 unspecified atom stereocenters. The molecule has 0 spiro atoms. The number of ether oxygens (including phenoxy) is 1. The molecule has 4 aliphatic heterocycles. The molecule has 4 fully saturated rings. The Bertz CT molecular complexity index is 2630. The van der Waals surface area contributed by atoms with Crippen molar-refractivity contribution in [3.05, 3.63) is 182 Å². The van der Waals surface area contributed by atoms with Crippen LogP contribution in [-0.4, -0.2) is 94.3 Å². The van der Waals surface area contributed by atoms with E-state index in [1.807, 2.05) is 189 Å². The lowest BCUT2D eigenvalue weighted by molar-refractivity contribution is -0.145. The molecule has 4 aliphatic rings. The molecule has 0 aromatic heterocycles. The van der Waals surface area contributed by atoms with Gasteiger partial charge in [0.05, 0.1) is 18.9 Å². The Morgan fingerprint density at radius 3 is 1.36 bits per heavy atom. The largest absolute Gasteiger partial charge is 0.522 e. The zero-order chi connectivity index (χ0) is 45.5. The molecule has 2 radical (unpaired) electrons. The summed E-state index contributed by atoms with van der Waals surface area (Å²) in [6.07, 6.45) is 0.0654. The standard InChI is InChI=1S/C44H45BrO13Si8/c1-44(2,45)43(46)47-34-35-61-50-60(37-22-10-4-11-23-37)51-64(40-28-16-7-17-29-40)55-63(39-26-14-6-15-27-39)49-59(3)36-48-62(52-61,38-24-12-5-13-25-38)54-66(56-63,42-32-20-9-21-33-42)58-65(53-61,57-64)41-30-18-8-19-31-41/h4-33H,34-36H2,1-3H3. The van der Waals surface area contributed by atoms with Gasteiger partial charge >= 0.3 is 68.1 Å². The number of halogens is 1. The van der Waals surface area contributed by atoms with Crippen molar-refractivity contribution < 1.29 is 55.1 Å². The first-order chi connectivity index (χ1) is 31.9. The topological polar surface area (TPSA) is 128 Å². The van der Waals surface area contributed by atoms with Crippen molar-refractivity contribution in [1.29, 1.82) is 0 Å². The van der Waals surface area contributed by atoms with Gasteiger partial charge in [0.15, 0.2) is 0 Å². The highest BCUT2D eigenvalue weighted by molar-refractivity contribution is 9.10. The Morgan fingerprint density at radius 1 is 0.515 bits per heavy atom. The molecule has 0 N–H and O–H groups in total. The van der Waals surface area contributed by atoms with E-state index in [9.17, 15) is 4.79 Å². The Hall–Kier alpha value is -3.43. The fourth-order valence-electron chi connectivity index (χ4n) is 7.83.